The van der Waals surface area contributed by atoms with E-state index in [1.165, 1.54) is 9.13 Å². The minimum absolute atomic E-state index is 0.233. The molecule has 3 fully saturated rings. The van der Waals surface area contributed by atoms with Crippen LogP contribution >= 0.6 is 0 Å². The highest BCUT2D eigenvalue weighted by Crippen LogP contribution is 2.51. The van der Waals surface area contributed by atoms with Gasteiger partial charge in [-0.25, -0.2) is 19.6 Å². The van der Waals surface area contributed by atoms with Crippen LogP contribution in [0.2, 0.25) is 0 Å². The molecule has 15 heteroatoms. The topological polar surface area (TPSA) is 142 Å². The molecule has 5 aliphatic heterocycles. The van der Waals surface area contributed by atoms with Gasteiger partial charge < -0.3 is 20.1 Å². The molecule has 2 bridgehead atoms. The van der Waals surface area contributed by atoms with Crippen LogP contribution < -0.4 is 42.7 Å². The number of nitrogens with one attached hydrogen (secondary N) is 1. The lowest BCUT2D eigenvalue weighted by atomic mass is 9.78. The molecular weight excluding hydrogens is 642 g/mol. The Morgan fingerprint density at radius 3 is 1.84 bits per heavy atom. The number of ether oxygens (including phenoxy) is 1. The fourth-order valence-corrected chi connectivity index (χ4v) is 9.13. The van der Waals surface area contributed by atoms with Gasteiger partial charge in [0.1, 0.15) is 23.6 Å². The van der Waals surface area contributed by atoms with Crippen molar-refractivity contribution >= 4 is 23.0 Å². The molecule has 0 radical (unpaired) electrons. The number of hydrogen-bond acceptors (Lipinski definition) is 11. The maximum absolute atomic E-state index is 14.5. The van der Waals surface area contributed by atoms with Crippen molar-refractivity contribution < 1.29 is 9.84 Å². The molecule has 15 nitrogen and oxygen atoms in total. The minimum Gasteiger partial charge on any atom is -0.365 e. The quantitative estimate of drug-likeness (QED) is 0.338. The zero-order valence-electron chi connectivity index (χ0n) is 30.3. The van der Waals surface area contributed by atoms with Crippen LogP contribution in [0.1, 0.15) is 105 Å². The Balaban J connectivity index is 1.50. The molecule has 7 rings (SSSR count). The number of fused-ring (bicyclic) bond motifs is 4. The fraction of sp³-hybridized carbons (Fsp3) is 0.771. The first-order valence-corrected chi connectivity index (χ1v) is 19.1. The Hall–Kier alpha value is -3.56. The average molecular weight is 698 g/mol. The molecule has 5 aliphatic rings. The Kier molecular flexibility index (Phi) is 9.44. The number of likely N-dealkylation sites (tertiary alicyclic amines) is 1. The summed E-state index contributed by atoms with van der Waals surface area (Å²) in [4.78, 5) is 61.7. The van der Waals surface area contributed by atoms with Gasteiger partial charge >= 0.3 is 11.4 Å². The molecule has 2 aromatic rings. The highest BCUT2D eigenvalue weighted by atomic mass is 16.6. The highest BCUT2D eigenvalue weighted by molar-refractivity contribution is 5.81. The van der Waals surface area contributed by atoms with Crippen LogP contribution in [0.15, 0.2) is 19.2 Å². The van der Waals surface area contributed by atoms with Crippen molar-refractivity contribution in [3.8, 4) is 0 Å². The van der Waals surface area contributed by atoms with E-state index in [1.54, 1.807) is 9.13 Å². The summed E-state index contributed by atoms with van der Waals surface area (Å²) in [6, 6.07) is 0. The smallest absolute Gasteiger partial charge is 0.332 e. The minimum atomic E-state index is -1.28. The number of anilines is 4. The molecule has 0 amide bonds. The predicted octanol–water partition coefficient (Wildman–Crippen LogP) is 2.60. The molecule has 1 atom stereocenters. The number of rotatable bonds is 12. The van der Waals surface area contributed by atoms with Crippen LogP contribution in [0.25, 0.3) is 0 Å². The first kappa shape index (κ1) is 34.9. The van der Waals surface area contributed by atoms with Crippen LogP contribution in [-0.4, -0.2) is 72.3 Å². The van der Waals surface area contributed by atoms with Gasteiger partial charge in [0.2, 0.25) is 0 Å². The number of hydrogen-bond donors (Lipinski definition) is 2. The monoisotopic (exact) mass is 697 g/mol. The van der Waals surface area contributed by atoms with Crippen molar-refractivity contribution in [2.75, 3.05) is 46.7 Å². The lowest BCUT2D eigenvalue weighted by Crippen LogP contribution is -2.67. The summed E-state index contributed by atoms with van der Waals surface area (Å²) in [5, 5.41) is 19.1. The van der Waals surface area contributed by atoms with Gasteiger partial charge in [0.25, 0.3) is 11.1 Å². The van der Waals surface area contributed by atoms with Gasteiger partial charge in [-0.05, 0) is 77.3 Å². The normalized spacial score (nSPS) is 26.1. The van der Waals surface area contributed by atoms with Crippen LogP contribution in [0, 0.1) is 0 Å². The summed E-state index contributed by atoms with van der Waals surface area (Å²) in [6.07, 6.45) is 7.84. The first-order chi connectivity index (χ1) is 24.1. The molecule has 2 N–H and O–H groups in total. The molecule has 1 unspecified atom stereocenters. The maximum Gasteiger partial charge on any atom is 0.332 e. The van der Waals surface area contributed by atoms with Crippen molar-refractivity contribution in [3.63, 3.8) is 0 Å². The Bertz CT molecular complexity index is 1830. The van der Waals surface area contributed by atoms with Crippen LogP contribution in [-0.2, 0) is 30.9 Å². The van der Waals surface area contributed by atoms with Crippen molar-refractivity contribution in [2.45, 2.75) is 148 Å². The molecule has 7 heterocycles. The third-order valence-corrected chi connectivity index (χ3v) is 11.2. The van der Waals surface area contributed by atoms with E-state index in [-0.39, 0.29) is 30.2 Å². The largest absolute Gasteiger partial charge is 0.365 e. The van der Waals surface area contributed by atoms with Crippen LogP contribution in [0.5, 0.6) is 0 Å². The molecule has 0 aliphatic carbocycles. The van der Waals surface area contributed by atoms with Crippen molar-refractivity contribution in [1.29, 1.82) is 0 Å². The van der Waals surface area contributed by atoms with Crippen LogP contribution in [0.3, 0.4) is 0 Å². The summed E-state index contributed by atoms with van der Waals surface area (Å²) < 4.78 is 12.8. The molecule has 0 aromatic carbocycles. The average Bonchev–Trinajstić information content (AvgIpc) is 3.83. The molecule has 50 heavy (non-hydrogen) atoms. The standard InChI is InChI=1S/C35H55N9O6/c1-5-17-39-27-25(29(45)41(19-7-3)32(39)47)36-31(34-13-11-15-35(49,50-34)16-12-14-34)44(27)43-24-38(23-37-21-9-10-22-37)26-28(43)40(18-6-2)33(48)42(20-8-4)30(26)46/h31,36,49H,5-24H2,1-4H3. The van der Waals surface area contributed by atoms with Gasteiger partial charge in [-0.2, -0.15) is 0 Å². The van der Waals surface area contributed by atoms with E-state index in [0.29, 0.717) is 101 Å². The number of aliphatic hydroxyl groups is 1. The van der Waals surface area contributed by atoms with Gasteiger partial charge in [-0.3, -0.25) is 32.8 Å². The van der Waals surface area contributed by atoms with E-state index in [4.69, 9.17) is 4.74 Å². The van der Waals surface area contributed by atoms with Crippen LogP contribution in [0.4, 0.5) is 23.0 Å². The maximum atomic E-state index is 14.5. The molecule has 276 valence electrons. The number of hydrazine groups is 1. The van der Waals surface area contributed by atoms with Crippen molar-refractivity contribution in [2.24, 2.45) is 0 Å². The van der Waals surface area contributed by atoms with Gasteiger partial charge in [-0.1, -0.05) is 27.7 Å². The molecule has 0 spiro atoms. The predicted molar refractivity (Wildman–Crippen MR) is 193 cm³/mol. The zero-order chi connectivity index (χ0) is 35.4. The van der Waals surface area contributed by atoms with Gasteiger partial charge in [0, 0.05) is 39.0 Å². The Morgan fingerprint density at radius 1 is 0.720 bits per heavy atom. The van der Waals surface area contributed by atoms with E-state index in [9.17, 15) is 24.3 Å². The van der Waals surface area contributed by atoms with Crippen molar-refractivity contribution in [3.05, 3.63) is 41.7 Å². The fourth-order valence-electron chi connectivity index (χ4n) is 9.13. The van der Waals surface area contributed by atoms with E-state index < -0.39 is 23.1 Å². The highest BCUT2D eigenvalue weighted by Gasteiger charge is 2.59. The molecular formula is C35H55N9O6. The third kappa shape index (κ3) is 5.50. The molecule has 2 aromatic heterocycles. The summed E-state index contributed by atoms with van der Waals surface area (Å²) in [6.45, 7) is 11.8. The van der Waals surface area contributed by atoms with E-state index in [1.807, 2.05) is 37.7 Å². The summed E-state index contributed by atoms with van der Waals surface area (Å²) in [5.41, 5.74) is -1.62. The van der Waals surface area contributed by atoms with Crippen molar-refractivity contribution in [1.82, 2.24) is 23.2 Å². The van der Waals surface area contributed by atoms with Gasteiger partial charge in [-0.15, -0.1) is 0 Å². The third-order valence-electron chi connectivity index (χ3n) is 11.2. The van der Waals surface area contributed by atoms with Gasteiger partial charge in [0.05, 0.1) is 6.67 Å². The summed E-state index contributed by atoms with van der Waals surface area (Å²) in [7, 11) is 0. The summed E-state index contributed by atoms with van der Waals surface area (Å²) in [5.74, 6) is -0.397. The number of aromatic nitrogens is 4. The molecule has 0 saturated carbocycles. The Morgan fingerprint density at radius 2 is 1.26 bits per heavy atom. The van der Waals surface area contributed by atoms with E-state index in [0.717, 1.165) is 38.8 Å². The van der Waals surface area contributed by atoms with E-state index in [2.05, 4.69) is 15.1 Å². The molecule has 3 saturated heterocycles. The number of nitrogens with zero attached hydrogens (tertiary/aromatic N) is 8. The zero-order valence-corrected chi connectivity index (χ0v) is 30.3. The van der Waals surface area contributed by atoms with E-state index >= 15 is 0 Å². The SMILES string of the molecule is CCCn1c2c(c(=O)n(CCC)c1=O)N(CN1CCCC1)CN2N1c2c(c(=O)n(CCC)c(=O)n2CCC)NC1C12CCCC(O)(CCC1)O2. The lowest BCUT2D eigenvalue weighted by Gasteiger charge is -2.54. The second-order valence-corrected chi connectivity index (χ2v) is 14.9. The first-order valence-electron chi connectivity index (χ1n) is 19.1. The lowest BCUT2D eigenvalue weighted by molar-refractivity contribution is -0.318. The Labute approximate surface area is 292 Å². The summed E-state index contributed by atoms with van der Waals surface area (Å²) >= 11 is 0. The second-order valence-electron chi connectivity index (χ2n) is 14.9. The van der Waals surface area contributed by atoms with Gasteiger partial charge in [0.15, 0.2) is 23.6 Å². The second kappa shape index (κ2) is 13.5.